The van der Waals surface area contributed by atoms with Gasteiger partial charge in [0.1, 0.15) is 0 Å². The third-order valence-electron chi connectivity index (χ3n) is 4.22. The minimum Gasteiger partial charge on any atom is -0.0906 e. The Kier molecular flexibility index (Phi) is 4.06. The first kappa shape index (κ1) is 15.5. The smallest absolute Gasteiger partial charge is 0.0906 e. The second kappa shape index (κ2) is 6.02. The van der Waals surface area contributed by atoms with Crippen LogP contribution in [0.3, 0.4) is 0 Å². The third kappa shape index (κ3) is 3.20. The minimum absolute atomic E-state index is 1.09. The molecule has 0 aromatic heterocycles. The van der Waals surface area contributed by atoms with Gasteiger partial charge < -0.3 is 0 Å². The van der Waals surface area contributed by atoms with Crippen molar-refractivity contribution in [2.45, 2.75) is 13.1 Å². The van der Waals surface area contributed by atoms with Crippen molar-refractivity contribution in [2.24, 2.45) is 0 Å². The van der Waals surface area contributed by atoms with Gasteiger partial charge in [0.2, 0.25) is 0 Å². The first-order valence-corrected chi connectivity index (χ1v) is 11.1. The zero-order valence-electron chi connectivity index (χ0n) is 13.8. The average Bonchev–Trinajstić information content (AvgIpc) is 2.91. The first-order chi connectivity index (χ1) is 11.0. The topological polar surface area (TPSA) is 0 Å². The monoisotopic (exact) mass is 314 g/mol. The summed E-state index contributed by atoms with van der Waals surface area (Å²) in [5.74, 6) is 0. The predicted molar refractivity (Wildman–Crippen MR) is 105 cm³/mol. The Hall–Kier alpha value is -2.38. The van der Waals surface area contributed by atoms with Crippen molar-refractivity contribution < 1.29 is 0 Å². The van der Waals surface area contributed by atoms with Crippen molar-refractivity contribution in [3.63, 3.8) is 0 Å². The lowest BCUT2D eigenvalue weighted by Crippen LogP contribution is -2.16. The van der Waals surface area contributed by atoms with Crippen molar-refractivity contribution in [1.82, 2.24) is 0 Å². The molecular weight excluding hydrogens is 292 g/mol. The molecule has 2 aromatic rings. The Morgan fingerprint density at radius 1 is 0.652 bits per heavy atom. The standard InChI is InChI=1S/C22H22Si/c1-17(19-11-7-5-8-12-19)21-15-23(3,4)16-22(21)18(2)20-13-9-6-10-14-20/h5-16H,1-2H2,3-4H3. The highest BCUT2D eigenvalue weighted by Crippen LogP contribution is 2.40. The van der Waals surface area contributed by atoms with E-state index in [2.05, 4.69) is 86.2 Å². The molecule has 1 heterocycles. The molecule has 2 aromatic carbocycles. The van der Waals surface area contributed by atoms with E-state index in [0.717, 1.165) is 11.1 Å². The molecule has 0 saturated heterocycles. The Morgan fingerprint density at radius 3 is 1.35 bits per heavy atom. The normalized spacial score (nSPS) is 15.7. The lowest BCUT2D eigenvalue weighted by molar-refractivity contribution is 1.53. The molecule has 23 heavy (non-hydrogen) atoms. The van der Waals surface area contributed by atoms with E-state index in [1.807, 2.05) is 12.1 Å². The largest absolute Gasteiger partial charge is 0.0969 e. The van der Waals surface area contributed by atoms with E-state index < -0.39 is 8.07 Å². The molecule has 114 valence electrons. The molecule has 0 nitrogen and oxygen atoms in total. The van der Waals surface area contributed by atoms with Gasteiger partial charge in [-0.1, -0.05) is 98.3 Å². The Morgan fingerprint density at radius 2 is 1.00 bits per heavy atom. The van der Waals surface area contributed by atoms with Gasteiger partial charge in [-0.15, -0.1) is 0 Å². The van der Waals surface area contributed by atoms with E-state index >= 15 is 0 Å². The summed E-state index contributed by atoms with van der Waals surface area (Å²) in [5, 5.41) is 0. The molecular formula is C22H22Si. The molecule has 0 N–H and O–H groups in total. The number of allylic oxidation sites excluding steroid dienone is 4. The fraction of sp³-hybridized carbons (Fsp3) is 0.0909. The summed E-state index contributed by atoms with van der Waals surface area (Å²) in [6.45, 7) is 13.5. The van der Waals surface area contributed by atoms with Crippen molar-refractivity contribution in [2.75, 3.05) is 0 Å². The fourth-order valence-corrected chi connectivity index (χ4v) is 5.26. The molecule has 0 atom stereocenters. The molecule has 1 heteroatoms. The fourth-order valence-electron chi connectivity index (χ4n) is 3.03. The molecule has 0 unspecified atom stereocenters. The Labute approximate surface area is 140 Å². The van der Waals surface area contributed by atoms with E-state index in [1.165, 1.54) is 22.3 Å². The summed E-state index contributed by atoms with van der Waals surface area (Å²) in [4.78, 5) is 0. The van der Waals surface area contributed by atoms with Crippen LogP contribution in [0.25, 0.3) is 11.1 Å². The molecule has 0 radical (unpaired) electrons. The summed E-state index contributed by atoms with van der Waals surface area (Å²) in [6.07, 6.45) is 0. The van der Waals surface area contributed by atoms with Gasteiger partial charge in [0, 0.05) is 0 Å². The lowest BCUT2D eigenvalue weighted by Gasteiger charge is -2.15. The van der Waals surface area contributed by atoms with Gasteiger partial charge in [0.15, 0.2) is 0 Å². The van der Waals surface area contributed by atoms with E-state index in [-0.39, 0.29) is 0 Å². The van der Waals surface area contributed by atoms with Crippen LogP contribution in [0.5, 0.6) is 0 Å². The molecule has 0 saturated carbocycles. The number of benzene rings is 2. The molecule has 0 spiro atoms. The average molecular weight is 315 g/mol. The van der Waals surface area contributed by atoms with Crippen LogP contribution in [0.15, 0.2) is 96.4 Å². The number of rotatable bonds is 4. The number of hydrogen-bond acceptors (Lipinski definition) is 0. The summed E-state index contributed by atoms with van der Waals surface area (Å²) >= 11 is 0. The summed E-state index contributed by atoms with van der Waals surface area (Å²) in [5.41, 5.74) is 11.9. The van der Waals surface area contributed by atoms with Crippen LogP contribution in [-0.2, 0) is 0 Å². The van der Waals surface area contributed by atoms with Gasteiger partial charge in [-0.2, -0.15) is 0 Å². The van der Waals surface area contributed by atoms with Gasteiger partial charge >= 0.3 is 0 Å². The van der Waals surface area contributed by atoms with E-state index in [4.69, 9.17) is 0 Å². The van der Waals surface area contributed by atoms with Crippen LogP contribution in [-0.4, -0.2) is 8.07 Å². The molecule has 0 amide bonds. The second-order valence-corrected chi connectivity index (χ2v) is 10.8. The van der Waals surface area contributed by atoms with Crippen LogP contribution in [0.2, 0.25) is 13.1 Å². The van der Waals surface area contributed by atoms with Crippen molar-refractivity contribution in [1.29, 1.82) is 0 Å². The maximum Gasteiger partial charge on any atom is 0.0969 e. The van der Waals surface area contributed by atoms with Gasteiger partial charge in [-0.25, -0.2) is 0 Å². The van der Waals surface area contributed by atoms with E-state index in [0.29, 0.717) is 0 Å². The van der Waals surface area contributed by atoms with E-state index in [1.54, 1.807) is 0 Å². The molecule has 1 aliphatic rings. The zero-order chi connectivity index (χ0) is 16.4. The minimum atomic E-state index is -1.50. The van der Waals surface area contributed by atoms with Crippen LogP contribution < -0.4 is 0 Å². The van der Waals surface area contributed by atoms with Crippen molar-refractivity contribution >= 4 is 19.2 Å². The van der Waals surface area contributed by atoms with Crippen LogP contribution >= 0.6 is 0 Å². The summed E-state index contributed by atoms with van der Waals surface area (Å²) in [6, 6.07) is 20.8. The van der Waals surface area contributed by atoms with Gasteiger partial charge in [0.05, 0.1) is 8.07 Å². The van der Waals surface area contributed by atoms with Gasteiger partial charge in [-0.3, -0.25) is 0 Å². The highest BCUT2D eigenvalue weighted by Gasteiger charge is 2.28. The third-order valence-corrected chi connectivity index (χ3v) is 6.28. The van der Waals surface area contributed by atoms with Gasteiger partial charge in [-0.05, 0) is 33.4 Å². The molecule has 0 fully saturated rings. The lowest BCUT2D eigenvalue weighted by atomic mass is 9.89. The van der Waals surface area contributed by atoms with Crippen molar-refractivity contribution in [3.05, 3.63) is 107 Å². The molecule has 3 rings (SSSR count). The molecule has 0 bridgehead atoms. The molecule has 0 aliphatic carbocycles. The number of hydrogen-bond donors (Lipinski definition) is 0. The maximum absolute atomic E-state index is 4.37. The summed E-state index contributed by atoms with van der Waals surface area (Å²) in [7, 11) is -1.50. The first-order valence-electron chi connectivity index (χ1n) is 7.93. The predicted octanol–water partition coefficient (Wildman–Crippen LogP) is 6.07. The second-order valence-electron chi connectivity index (χ2n) is 6.63. The zero-order valence-corrected chi connectivity index (χ0v) is 14.8. The quantitative estimate of drug-likeness (QED) is 0.601. The highest BCUT2D eigenvalue weighted by atomic mass is 28.3. The maximum atomic E-state index is 4.37. The Balaban J connectivity index is 2.01. The summed E-state index contributed by atoms with van der Waals surface area (Å²) < 4.78 is 0. The molecule has 1 aliphatic heterocycles. The highest BCUT2D eigenvalue weighted by molar-refractivity contribution is 6.88. The van der Waals surface area contributed by atoms with Crippen LogP contribution in [0.4, 0.5) is 0 Å². The van der Waals surface area contributed by atoms with E-state index in [9.17, 15) is 0 Å². The van der Waals surface area contributed by atoms with Crippen LogP contribution in [0.1, 0.15) is 11.1 Å². The van der Waals surface area contributed by atoms with Crippen molar-refractivity contribution in [3.8, 4) is 0 Å². The van der Waals surface area contributed by atoms with Crippen LogP contribution in [0, 0.1) is 0 Å². The Bertz CT molecular complexity index is 736. The van der Waals surface area contributed by atoms with Gasteiger partial charge in [0.25, 0.3) is 0 Å². The SMILES string of the molecule is C=C(C1=C[Si](C)(C)C=C1C(=C)c1ccccc1)c1ccccc1.